The summed E-state index contributed by atoms with van der Waals surface area (Å²) in [5, 5.41) is 8.64. The van der Waals surface area contributed by atoms with Gasteiger partial charge in [-0.05, 0) is 11.6 Å². The molecule has 2 unspecified atom stereocenters. The van der Waals surface area contributed by atoms with Crippen molar-refractivity contribution in [2.24, 2.45) is 5.73 Å². The second-order valence-corrected chi connectivity index (χ2v) is 3.32. The molecular weight excluding hydrogens is 204 g/mol. The third-order valence-corrected chi connectivity index (χ3v) is 2.28. The molecule has 0 heterocycles. The minimum Gasteiger partial charge on any atom is -0.480 e. The summed E-state index contributed by atoms with van der Waals surface area (Å²) >= 11 is 0. The van der Waals surface area contributed by atoms with E-state index in [1.807, 2.05) is 0 Å². The van der Waals surface area contributed by atoms with Gasteiger partial charge in [-0.2, -0.15) is 0 Å². The summed E-state index contributed by atoms with van der Waals surface area (Å²) in [6, 6.07) is 1.78. The van der Waals surface area contributed by atoms with E-state index < -0.39 is 29.6 Å². The average Bonchev–Trinajstić information content (AvgIpc) is 2.15. The third kappa shape index (κ3) is 2.50. The molecule has 0 radical (unpaired) electrons. The molecule has 0 bridgehead atoms. The fourth-order valence-electron chi connectivity index (χ4n) is 1.28. The Morgan fingerprint density at radius 1 is 1.47 bits per heavy atom. The first-order chi connectivity index (χ1) is 6.93. The van der Waals surface area contributed by atoms with Crippen LogP contribution in [0.5, 0.6) is 0 Å². The lowest BCUT2D eigenvalue weighted by Crippen LogP contribution is -2.35. The Balaban J connectivity index is 3.01. The van der Waals surface area contributed by atoms with Gasteiger partial charge in [0.25, 0.3) is 0 Å². The highest BCUT2D eigenvalue weighted by molar-refractivity contribution is 5.74. The van der Waals surface area contributed by atoms with Crippen LogP contribution in [0.3, 0.4) is 0 Å². The molecule has 0 fully saturated rings. The SMILES string of the molecule is CC(c1ccc(F)cc1F)C(N)C(=O)O. The summed E-state index contributed by atoms with van der Waals surface area (Å²) in [6.07, 6.45) is 0. The van der Waals surface area contributed by atoms with Crippen LogP contribution >= 0.6 is 0 Å². The number of benzene rings is 1. The minimum atomic E-state index is -1.22. The Morgan fingerprint density at radius 2 is 2.07 bits per heavy atom. The van der Waals surface area contributed by atoms with E-state index in [4.69, 9.17) is 10.8 Å². The van der Waals surface area contributed by atoms with Crippen LogP contribution in [0.15, 0.2) is 18.2 Å². The van der Waals surface area contributed by atoms with Crippen molar-refractivity contribution in [1.29, 1.82) is 0 Å². The van der Waals surface area contributed by atoms with Crippen molar-refractivity contribution in [2.75, 3.05) is 0 Å². The number of carbonyl (C=O) groups is 1. The maximum Gasteiger partial charge on any atom is 0.321 e. The zero-order chi connectivity index (χ0) is 11.6. The van der Waals surface area contributed by atoms with Gasteiger partial charge >= 0.3 is 5.97 Å². The highest BCUT2D eigenvalue weighted by Gasteiger charge is 2.23. The zero-order valence-electron chi connectivity index (χ0n) is 8.08. The first kappa shape index (κ1) is 11.6. The van der Waals surface area contributed by atoms with Crippen LogP contribution in [0.4, 0.5) is 8.78 Å². The molecule has 0 aliphatic rings. The molecular formula is C10H11F2NO2. The van der Waals surface area contributed by atoms with E-state index in [2.05, 4.69) is 0 Å². The summed E-state index contributed by atoms with van der Waals surface area (Å²) < 4.78 is 25.8. The standard InChI is InChI=1S/C10H11F2NO2/c1-5(9(13)10(14)15)7-3-2-6(11)4-8(7)12/h2-5,9H,13H2,1H3,(H,14,15). The van der Waals surface area contributed by atoms with Gasteiger partial charge in [0.05, 0.1) is 0 Å². The predicted octanol–water partition coefficient (Wildman–Crippen LogP) is 1.48. The molecule has 1 rings (SSSR count). The topological polar surface area (TPSA) is 63.3 Å². The van der Waals surface area contributed by atoms with E-state index in [0.29, 0.717) is 6.07 Å². The van der Waals surface area contributed by atoms with Crippen molar-refractivity contribution in [3.05, 3.63) is 35.4 Å². The number of rotatable bonds is 3. The number of carboxylic acid groups (broad SMARTS) is 1. The average molecular weight is 215 g/mol. The summed E-state index contributed by atoms with van der Waals surface area (Å²) in [5.41, 5.74) is 5.44. The molecule has 3 N–H and O–H groups in total. The van der Waals surface area contributed by atoms with Crippen LogP contribution in [-0.2, 0) is 4.79 Å². The first-order valence-electron chi connectivity index (χ1n) is 4.37. The maximum absolute atomic E-state index is 13.2. The number of nitrogens with two attached hydrogens (primary N) is 1. The first-order valence-corrected chi connectivity index (χ1v) is 4.37. The van der Waals surface area contributed by atoms with Crippen LogP contribution in [0.1, 0.15) is 18.4 Å². The van der Waals surface area contributed by atoms with E-state index in [1.165, 1.54) is 13.0 Å². The van der Waals surface area contributed by atoms with Gasteiger partial charge in [0, 0.05) is 12.0 Å². The maximum atomic E-state index is 13.2. The Kier molecular flexibility index (Phi) is 3.36. The van der Waals surface area contributed by atoms with Gasteiger partial charge < -0.3 is 10.8 Å². The predicted molar refractivity (Wildman–Crippen MR) is 50.4 cm³/mol. The highest BCUT2D eigenvalue weighted by Crippen LogP contribution is 2.22. The normalized spacial score (nSPS) is 14.7. The largest absolute Gasteiger partial charge is 0.480 e. The van der Waals surface area contributed by atoms with Gasteiger partial charge in [-0.3, -0.25) is 4.79 Å². The quantitative estimate of drug-likeness (QED) is 0.802. The van der Waals surface area contributed by atoms with Crippen LogP contribution in [0.25, 0.3) is 0 Å². The summed E-state index contributed by atoms with van der Waals surface area (Å²) in [5.74, 6) is -3.40. The lowest BCUT2D eigenvalue weighted by atomic mass is 9.93. The van der Waals surface area contributed by atoms with Gasteiger partial charge in [-0.25, -0.2) is 8.78 Å². The fourth-order valence-corrected chi connectivity index (χ4v) is 1.28. The summed E-state index contributed by atoms with van der Waals surface area (Å²) in [7, 11) is 0. The van der Waals surface area contributed by atoms with Crippen molar-refractivity contribution in [2.45, 2.75) is 18.9 Å². The molecule has 1 aromatic rings. The van der Waals surface area contributed by atoms with Crippen LogP contribution in [0.2, 0.25) is 0 Å². The molecule has 0 spiro atoms. The summed E-state index contributed by atoms with van der Waals surface area (Å²) in [4.78, 5) is 10.6. The van der Waals surface area contributed by atoms with Crippen molar-refractivity contribution >= 4 is 5.97 Å². The van der Waals surface area contributed by atoms with Crippen molar-refractivity contribution < 1.29 is 18.7 Å². The number of halogens is 2. The van der Waals surface area contributed by atoms with Crippen molar-refractivity contribution in [3.8, 4) is 0 Å². The lowest BCUT2D eigenvalue weighted by Gasteiger charge is -2.16. The molecule has 3 nitrogen and oxygen atoms in total. The van der Waals surface area contributed by atoms with Gasteiger partial charge in [-0.1, -0.05) is 13.0 Å². The number of carboxylic acids is 1. The van der Waals surface area contributed by atoms with Crippen molar-refractivity contribution in [1.82, 2.24) is 0 Å². The lowest BCUT2D eigenvalue weighted by molar-refractivity contribution is -0.139. The number of aliphatic carboxylic acids is 1. The zero-order valence-corrected chi connectivity index (χ0v) is 8.08. The fraction of sp³-hybridized carbons (Fsp3) is 0.300. The van der Waals surface area contributed by atoms with E-state index in [9.17, 15) is 13.6 Å². The molecule has 0 saturated carbocycles. The molecule has 1 aromatic carbocycles. The smallest absolute Gasteiger partial charge is 0.321 e. The second-order valence-electron chi connectivity index (χ2n) is 3.32. The Bertz CT molecular complexity index is 382. The minimum absolute atomic E-state index is 0.103. The van der Waals surface area contributed by atoms with Crippen LogP contribution in [-0.4, -0.2) is 17.1 Å². The highest BCUT2D eigenvalue weighted by atomic mass is 19.1. The molecule has 0 aliphatic heterocycles. The molecule has 5 heteroatoms. The van der Waals surface area contributed by atoms with E-state index in [1.54, 1.807) is 0 Å². The molecule has 0 aromatic heterocycles. The second kappa shape index (κ2) is 4.35. The van der Waals surface area contributed by atoms with Crippen LogP contribution < -0.4 is 5.73 Å². The van der Waals surface area contributed by atoms with E-state index in [-0.39, 0.29) is 5.56 Å². The van der Waals surface area contributed by atoms with E-state index >= 15 is 0 Å². The Labute approximate surface area is 85.5 Å². The monoisotopic (exact) mass is 215 g/mol. The van der Waals surface area contributed by atoms with Gasteiger partial charge in [-0.15, -0.1) is 0 Å². The molecule has 15 heavy (non-hydrogen) atoms. The van der Waals surface area contributed by atoms with Gasteiger partial charge in [0.2, 0.25) is 0 Å². The number of hydrogen-bond acceptors (Lipinski definition) is 2. The van der Waals surface area contributed by atoms with Crippen molar-refractivity contribution in [3.63, 3.8) is 0 Å². The van der Waals surface area contributed by atoms with Crippen LogP contribution in [0, 0.1) is 11.6 Å². The molecule has 0 amide bonds. The molecule has 0 saturated heterocycles. The Morgan fingerprint density at radius 3 is 2.53 bits per heavy atom. The third-order valence-electron chi connectivity index (χ3n) is 2.28. The van der Waals surface area contributed by atoms with E-state index in [0.717, 1.165) is 6.07 Å². The Hall–Kier alpha value is -1.49. The van der Waals surface area contributed by atoms with Gasteiger partial charge in [0.1, 0.15) is 17.7 Å². The summed E-state index contributed by atoms with van der Waals surface area (Å²) in [6.45, 7) is 1.48. The molecule has 2 atom stereocenters. The molecule has 82 valence electrons. The molecule has 0 aliphatic carbocycles. The van der Waals surface area contributed by atoms with Gasteiger partial charge in [0.15, 0.2) is 0 Å². The number of hydrogen-bond donors (Lipinski definition) is 2.